The van der Waals surface area contributed by atoms with Crippen LogP contribution in [0.5, 0.6) is 0 Å². The smallest absolute Gasteiger partial charge is 0.355 e. The van der Waals surface area contributed by atoms with Crippen molar-refractivity contribution in [3.8, 4) is 11.1 Å². The van der Waals surface area contributed by atoms with Crippen LogP contribution in [0, 0.1) is 10.1 Å². The molecule has 11 nitrogen and oxygen atoms in total. The number of hydrogen-bond donors (Lipinski definition) is 5. The number of methoxy groups -OCH3 is 1. The number of carbonyl (C=O) groups is 2. The minimum Gasteiger partial charge on any atom is -0.464 e. The number of nitro groups is 1. The van der Waals surface area contributed by atoms with E-state index in [1.807, 2.05) is 0 Å². The van der Waals surface area contributed by atoms with Crippen LogP contribution in [0.25, 0.3) is 11.1 Å². The first-order valence-electron chi connectivity index (χ1n) is 8.16. The van der Waals surface area contributed by atoms with E-state index in [1.165, 1.54) is 0 Å². The number of benzene rings is 1. The van der Waals surface area contributed by atoms with Crippen LogP contribution in [-0.4, -0.2) is 62.6 Å². The first-order chi connectivity index (χ1) is 13.3. The van der Waals surface area contributed by atoms with E-state index in [4.69, 9.17) is 4.74 Å². The number of aliphatic hydroxyl groups is 3. The lowest BCUT2D eigenvalue weighted by Crippen LogP contribution is -2.56. The van der Waals surface area contributed by atoms with Gasteiger partial charge < -0.3 is 30.4 Å². The molecule has 1 aromatic heterocycles. The Hall–Kier alpha value is -3.28. The van der Waals surface area contributed by atoms with E-state index in [2.05, 4.69) is 10.3 Å². The number of fused-ring (bicyclic) bond motifs is 1. The third-order valence-corrected chi connectivity index (χ3v) is 4.54. The van der Waals surface area contributed by atoms with Gasteiger partial charge in [-0.05, 0) is 5.56 Å². The Balaban J connectivity index is 2.18. The quantitative estimate of drug-likeness (QED) is 0.197. The fraction of sp³-hybridized carbons (Fsp3) is 0.294. The SMILES string of the molecule is COC(=O)c1[nH]c2c(c1-c1ccccc1)C(O)C(C(O)C(O)[N+](=O)[O-])NC2=O. The lowest BCUT2D eigenvalue weighted by molar-refractivity contribution is -0.584. The van der Waals surface area contributed by atoms with Gasteiger partial charge in [0.1, 0.15) is 17.5 Å². The fourth-order valence-electron chi connectivity index (χ4n) is 3.21. The van der Waals surface area contributed by atoms with E-state index in [-0.39, 0.29) is 22.5 Å². The van der Waals surface area contributed by atoms with Crippen LogP contribution in [0.2, 0.25) is 0 Å². The number of hydrogen-bond acceptors (Lipinski definition) is 8. The van der Waals surface area contributed by atoms with Crippen LogP contribution in [-0.2, 0) is 4.74 Å². The van der Waals surface area contributed by atoms with Gasteiger partial charge in [-0.1, -0.05) is 30.3 Å². The van der Waals surface area contributed by atoms with Crippen molar-refractivity contribution < 1.29 is 34.6 Å². The average molecular weight is 391 g/mol. The molecular weight excluding hydrogens is 374 g/mol. The largest absolute Gasteiger partial charge is 0.464 e. The number of H-pyrrole nitrogens is 1. The van der Waals surface area contributed by atoms with Gasteiger partial charge in [0.25, 0.3) is 5.91 Å². The predicted octanol–water partition coefficient (Wildman–Crippen LogP) is -0.430. The maximum atomic E-state index is 12.5. The van der Waals surface area contributed by atoms with Gasteiger partial charge in [-0.3, -0.25) is 14.9 Å². The minimum absolute atomic E-state index is 0.0325. The summed E-state index contributed by atoms with van der Waals surface area (Å²) in [5.74, 6) is -1.61. The monoisotopic (exact) mass is 391 g/mol. The van der Waals surface area contributed by atoms with E-state index in [0.29, 0.717) is 5.56 Å². The third-order valence-electron chi connectivity index (χ3n) is 4.54. The molecular formula is C17H17N3O8. The summed E-state index contributed by atoms with van der Waals surface area (Å²) in [6.07, 6.45) is -6.18. The second-order valence-electron chi connectivity index (χ2n) is 6.15. The number of aromatic nitrogens is 1. The molecule has 2 heterocycles. The Morgan fingerprint density at radius 2 is 1.93 bits per heavy atom. The molecule has 0 saturated carbocycles. The molecule has 1 amide bonds. The Kier molecular flexibility index (Phi) is 5.14. The van der Waals surface area contributed by atoms with Crippen molar-refractivity contribution in [1.82, 2.24) is 10.3 Å². The first kappa shape index (κ1) is 19.5. The van der Waals surface area contributed by atoms with Gasteiger partial charge in [-0.25, -0.2) is 4.79 Å². The molecule has 0 bridgehead atoms. The molecule has 1 aliphatic heterocycles. The normalized spacial score (nSPS) is 20.6. The van der Waals surface area contributed by atoms with E-state index in [0.717, 1.165) is 7.11 Å². The molecule has 4 unspecified atom stereocenters. The summed E-state index contributed by atoms with van der Waals surface area (Å²) < 4.78 is 4.73. The van der Waals surface area contributed by atoms with E-state index < -0.39 is 41.3 Å². The number of aromatic amines is 1. The van der Waals surface area contributed by atoms with Crippen molar-refractivity contribution in [3.05, 3.63) is 57.4 Å². The summed E-state index contributed by atoms with van der Waals surface area (Å²) in [6.45, 7) is 0. The van der Waals surface area contributed by atoms with Crippen LogP contribution in [0.3, 0.4) is 0 Å². The number of nitrogens with zero attached hydrogens (tertiary/aromatic N) is 1. The highest BCUT2D eigenvalue weighted by Gasteiger charge is 2.46. The molecule has 0 spiro atoms. The topological polar surface area (TPSA) is 175 Å². The highest BCUT2D eigenvalue weighted by molar-refractivity contribution is 6.04. The van der Waals surface area contributed by atoms with Crippen molar-refractivity contribution in [2.24, 2.45) is 0 Å². The summed E-state index contributed by atoms with van der Waals surface area (Å²) in [6, 6.07) is 6.76. The van der Waals surface area contributed by atoms with Crippen LogP contribution in [0.4, 0.5) is 0 Å². The van der Waals surface area contributed by atoms with E-state index >= 15 is 0 Å². The highest BCUT2D eigenvalue weighted by atomic mass is 16.7. The fourth-order valence-corrected chi connectivity index (χ4v) is 3.21. The van der Waals surface area contributed by atoms with E-state index in [9.17, 15) is 35.0 Å². The lowest BCUT2D eigenvalue weighted by Gasteiger charge is -2.32. The molecule has 0 aliphatic carbocycles. The number of nitrogens with one attached hydrogen (secondary N) is 2. The molecule has 148 valence electrons. The molecule has 3 rings (SSSR count). The van der Waals surface area contributed by atoms with Crippen LogP contribution in [0.15, 0.2) is 30.3 Å². The zero-order chi connectivity index (χ0) is 20.6. The van der Waals surface area contributed by atoms with Gasteiger partial charge in [0, 0.05) is 11.1 Å². The van der Waals surface area contributed by atoms with Gasteiger partial charge in [0.05, 0.1) is 18.1 Å². The highest BCUT2D eigenvalue weighted by Crippen LogP contribution is 2.39. The van der Waals surface area contributed by atoms with E-state index in [1.54, 1.807) is 30.3 Å². The van der Waals surface area contributed by atoms with Gasteiger partial charge in [0.2, 0.25) is 0 Å². The maximum absolute atomic E-state index is 12.5. The zero-order valence-corrected chi connectivity index (χ0v) is 14.5. The van der Waals surface area contributed by atoms with Gasteiger partial charge in [-0.15, -0.1) is 0 Å². The number of carbonyl (C=O) groups excluding carboxylic acids is 2. The molecule has 0 saturated heterocycles. The average Bonchev–Trinajstić information content (AvgIpc) is 3.11. The Bertz CT molecular complexity index is 926. The molecule has 0 radical (unpaired) electrons. The summed E-state index contributed by atoms with van der Waals surface area (Å²) in [5.41, 5.74) is 0.355. The maximum Gasteiger partial charge on any atom is 0.355 e. The summed E-state index contributed by atoms with van der Waals surface area (Å²) in [4.78, 5) is 36.9. The van der Waals surface area contributed by atoms with Gasteiger partial charge in [0.15, 0.2) is 6.10 Å². The molecule has 1 aliphatic rings. The first-order valence-corrected chi connectivity index (χ1v) is 8.16. The van der Waals surface area contributed by atoms with Crippen molar-refractivity contribution in [3.63, 3.8) is 0 Å². The molecule has 11 heteroatoms. The summed E-state index contributed by atoms with van der Waals surface area (Å²) in [5, 5.41) is 43.4. The van der Waals surface area contributed by atoms with Crippen molar-refractivity contribution in [2.45, 2.75) is 24.5 Å². The molecule has 28 heavy (non-hydrogen) atoms. The Morgan fingerprint density at radius 3 is 2.50 bits per heavy atom. The van der Waals surface area contributed by atoms with Gasteiger partial charge >= 0.3 is 12.2 Å². The zero-order valence-electron chi connectivity index (χ0n) is 14.5. The molecule has 2 aromatic rings. The van der Waals surface area contributed by atoms with Crippen LogP contribution >= 0.6 is 0 Å². The Morgan fingerprint density at radius 1 is 1.29 bits per heavy atom. The summed E-state index contributed by atoms with van der Waals surface area (Å²) >= 11 is 0. The Labute approximate surface area is 157 Å². The number of ether oxygens (including phenoxy) is 1. The van der Waals surface area contributed by atoms with Crippen molar-refractivity contribution in [1.29, 1.82) is 0 Å². The van der Waals surface area contributed by atoms with Crippen molar-refractivity contribution in [2.75, 3.05) is 7.11 Å². The predicted molar refractivity (Wildman–Crippen MR) is 92.8 cm³/mol. The van der Waals surface area contributed by atoms with Crippen LogP contribution in [0.1, 0.15) is 32.6 Å². The third kappa shape index (κ3) is 3.11. The summed E-state index contributed by atoms with van der Waals surface area (Å²) in [7, 11) is 1.15. The number of aliphatic hydroxyl groups excluding tert-OH is 3. The minimum atomic E-state index is -2.43. The molecule has 5 N–H and O–H groups in total. The van der Waals surface area contributed by atoms with Gasteiger partial charge in [-0.2, -0.15) is 0 Å². The second-order valence-corrected chi connectivity index (χ2v) is 6.15. The van der Waals surface area contributed by atoms with Crippen molar-refractivity contribution >= 4 is 11.9 Å². The lowest BCUT2D eigenvalue weighted by atomic mass is 9.87. The molecule has 4 atom stereocenters. The standard InChI is InChI=1S/C17H17N3O8/c1-28-17(25)11-8(7-5-3-2-4-6-7)9-10(18-11)15(23)19-12(13(9)21)14(22)16(24)20(26)27/h2-6,12-14,16,18,21-22,24H,1H3,(H,19,23). The van der Waals surface area contributed by atoms with Crippen LogP contribution < -0.4 is 5.32 Å². The molecule has 1 aromatic carbocycles. The second kappa shape index (κ2) is 7.38. The number of amides is 1. The number of esters is 1. The molecule has 0 fully saturated rings. The number of rotatable bonds is 5.